The number of nitrogens with one attached hydrogen (secondary N) is 1. The number of benzene rings is 2. The van der Waals surface area contributed by atoms with Gasteiger partial charge in [-0.05, 0) is 36.6 Å². The van der Waals surface area contributed by atoms with Crippen LogP contribution in [-0.2, 0) is 0 Å². The number of fused-ring (bicyclic) bond motifs is 1. The van der Waals surface area contributed by atoms with Crippen LogP contribution in [0.5, 0.6) is 0 Å². The quantitative estimate of drug-likeness (QED) is 0.836. The Morgan fingerprint density at radius 2 is 1.50 bits per heavy atom. The fraction of sp³-hybridized carbons (Fsp3) is 0.294. The molecule has 0 saturated carbocycles. The van der Waals surface area contributed by atoms with E-state index in [2.05, 4.69) is 67.0 Å². The van der Waals surface area contributed by atoms with E-state index in [9.17, 15) is 0 Å². The van der Waals surface area contributed by atoms with Crippen molar-refractivity contribution in [2.75, 3.05) is 7.05 Å². The van der Waals surface area contributed by atoms with E-state index < -0.39 is 0 Å². The third kappa shape index (κ3) is 1.95. The van der Waals surface area contributed by atoms with Crippen molar-refractivity contribution in [1.29, 1.82) is 0 Å². The molecule has 0 heterocycles. The molecule has 0 radical (unpaired) electrons. The first-order valence-electron chi connectivity index (χ1n) is 6.71. The Labute approximate surface area is 109 Å². The Balaban J connectivity index is 2.04. The molecule has 18 heavy (non-hydrogen) atoms. The van der Waals surface area contributed by atoms with Gasteiger partial charge in [-0.3, -0.25) is 0 Å². The van der Waals surface area contributed by atoms with Crippen LogP contribution in [0, 0.1) is 0 Å². The minimum absolute atomic E-state index is 0.515. The van der Waals surface area contributed by atoms with Crippen molar-refractivity contribution in [3.8, 4) is 0 Å². The van der Waals surface area contributed by atoms with Crippen molar-refractivity contribution in [2.24, 2.45) is 0 Å². The van der Waals surface area contributed by atoms with Crippen LogP contribution in [0.2, 0.25) is 0 Å². The third-order valence-corrected chi connectivity index (χ3v) is 4.04. The van der Waals surface area contributed by atoms with Crippen LogP contribution < -0.4 is 5.32 Å². The summed E-state index contributed by atoms with van der Waals surface area (Å²) in [5, 5.41) is 3.43. The van der Waals surface area contributed by atoms with Crippen molar-refractivity contribution in [3.05, 3.63) is 71.3 Å². The molecule has 2 atom stereocenters. The Kier molecular flexibility index (Phi) is 3.16. The molecular formula is C17H19N. The number of hydrogen-bond acceptors (Lipinski definition) is 1. The molecule has 1 unspecified atom stereocenters. The molecule has 92 valence electrons. The molecule has 2 aromatic rings. The smallest absolute Gasteiger partial charge is 0.0320 e. The zero-order valence-electron chi connectivity index (χ0n) is 10.8. The lowest BCUT2D eigenvalue weighted by molar-refractivity contribution is 0.471. The zero-order valence-corrected chi connectivity index (χ0v) is 10.8. The fourth-order valence-electron chi connectivity index (χ4n) is 3.12. The van der Waals surface area contributed by atoms with Gasteiger partial charge in [-0.15, -0.1) is 0 Å². The Morgan fingerprint density at radius 1 is 0.833 bits per heavy atom. The van der Waals surface area contributed by atoms with Crippen LogP contribution >= 0.6 is 0 Å². The van der Waals surface area contributed by atoms with E-state index in [0.717, 1.165) is 0 Å². The summed E-state index contributed by atoms with van der Waals surface area (Å²) in [4.78, 5) is 0. The molecule has 3 rings (SSSR count). The molecule has 0 spiro atoms. The molecule has 0 saturated heterocycles. The van der Waals surface area contributed by atoms with E-state index in [1.165, 1.54) is 29.5 Å². The van der Waals surface area contributed by atoms with Gasteiger partial charge in [-0.2, -0.15) is 0 Å². The summed E-state index contributed by atoms with van der Waals surface area (Å²) in [6.07, 6.45) is 2.44. The standard InChI is InChI=1S/C17H19N/c1-18-17-12-11-14(13-7-3-2-4-8-13)15-9-5-6-10-16(15)17/h2-10,14,17-18H,11-12H2,1H3/t14?,17-/m1/s1. The topological polar surface area (TPSA) is 12.0 Å². The lowest BCUT2D eigenvalue weighted by Crippen LogP contribution is -2.24. The third-order valence-electron chi connectivity index (χ3n) is 4.04. The molecule has 1 aliphatic rings. The van der Waals surface area contributed by atoms with Crippen LogP contribution in [0.3, 0.4) is 0 Å². The van der Waals surface area contributed by atoms with Gasteiger partial charge in [0.05, 0.1) is 0 Å². The average Bonchev–Trinajstić information content (AvgIpc) is 2.47. The van der Waals surface area contributed by atoms with E-state index in [1.54, 1.807) is 0 Å². The number of rotatable bonds is 2. The maximum Gasteiger partial charge on any atom is 0.0320 e. The second kappa shape index (κ2) is 4.95. The van der Waals surface area contributed by atoms with E-state index in [4.69, 9.17) is 0 Å². The SMILES string of the molecule is CN[C@@H]1CCC(c2ccccc2)c2ccccc21. The van der Waals surface area contributed by atoms with Crippen LogP contribution in [-0.4, -0.2) is 7.05 Å². The monoisotopic (exact) mass is 237 g/mol. The van der Waals surface area contributed by atoms with Gasteiger partial charge in [0, 0.05) is 12.0 Å². The summed E-state index contributed by atoms with van der Waals surface area (Å²) in [5.74, 6) is 0.562. The van der Waals surface area contributed by atoms with Gasteiger partial charge in [0.15, 0.2) is 0 Å². The Hall–Kier alpha value is -1.60. The van der Waals surface area contributed by atoms with Crippen molar-refractivity contribution in [2.45, 2.75) is 24.8 Å². The van der Waals surface area contributed by atoms with Crippen molar-refractivity contribution in [3.63, 3.8) is 0 Å². The fourth-order valence-corrected chi connectivity index (χ4v) is 3.12. The molecule has 0 amide bonds. The normalized spacial score (nSPS) is 22.5. The summed E-state index contributed by atoms with van der Waals surface area (Å²) >= 11 is 0. The van der Waals surface area contributed by atoms with E-state index in [-0.39, 0.29) is 0 Å². The van der Waals surface area contributed by atoms with Gasteiger partial charge in [0.25, 0.3) is 0 Å². The van der Waals surface area contributed by atoms with Gasteiger partial charge >= 0.3 is 0 Å². The zero-order chi connectivity index (χ0) is 12.4. The average molecular weight is 237 g/mol. The maximum absolute atomic E-state index is 3.43. The van der Waals surface area contributed by atoms with Gasteiger partial charge in [0.1, 0.15) is 0 Å². The minimum Gasteiger partial charge on any atom is -0.313 e. The predicted molar refractivity (Wildman–Crippen MR) is 75.8 cm³/mol. The molecular weight excluding hydrogens is 218 g/mol. The summed E-state index contributed by atoms with van der Waals surface area (Å²) in [7, 11) is 2.06. The Morgan fingerprint density at radius 3 is 2.22 bits per heavy atom. The highest BCUT2D eigenvalue weighted by molar-refractivity contribution is 5.41. The summed E-state index contributed by atoms with van der Waals surface area (Å²) in [5.41, 5.74) is 4.41. The van der Waals surface area contributed by atoms with Crippen molar-refractivity contribution >= 4 is 0 Å². The molecule has 0 aromatic heterocycles. The van der Waals surface area contributed by atoms with Crippen LogP contribution in [0.4, 0.5) is 0 Å². The molecule has 1 heteroatoms. The summed E-state index contributed by atoms with van der Waals surface area (Å²) < 4.78 is 0. The second-order valence-corrected chi connectivity index (χ2v) is 5.01. The molecule has 2 aromatic carbocycles. The van der Waals surface area contributed by atoms with Gasteiger partial charge in [-0.25, -0.2) is 0 Å². The first-order valence-corrected chi connectivity index (χ1v) is 6.71. The predicted octanol–water partition coefficient (Wildman–Crippen LogP) is 3.87. The number of hydrogen-bond donors (Lipinski definition) is 1. The van der Waals surface area contributed by atoms with Crippen LogP contribution in [0.25, 0.3) is 0 Å². The second-order valence-electron chi connectivity index (χ2n) is 5.01. The van der Waals surface area contributed by atoms with Crippen molar-refractivity contribution < 1.29 is 0 Å². The van der Waals surface area contributed by atoms with Crippen molar-refractivity contribution in [1.82, 2.24) is 5.32 Å². The van der Waals surface area contributed by atoms with E-state index in [0.29, 0.717) is 12.0 Å². The molecule has 0 aliphatic heterocycles. The molecule has 1 nitrogen and oxygen atoms in total. The van der Waals surface area contributed by atoms with E-state index in [1.807, 2.05) is 0 Å². The van der Waals surface area contributed by atoms with Gasteiger partial charge < -0.3 is 5.32 Å². The first kappa shape index (κ1) is 11.5. The van der Waals surface area contributed by atoms with Crippen LogP contribution in [0.1, 0.15) is 41.5 Å². The summed E-state index contributed by atoms with van der Waals surface area (Å²) in [6.45, 7) is 0. The van der Waals surface area contributed by atoms with Gasteiger partial charge in [0.2, 0.25) is 0 Å². The van der Waals surface area contributed by atoms with Crippen LogP contribution in [0.15, 0.2) is 54.6 Å². The largest absolute Gasteiger partial charge is 0.313 e. The molecule has 1 N–H and O–H groups in total. The minimum atomic E-state index is 0.515. The lowest BCUT2D eigenvalue weighted by atomic mass is 9.77. The summed E-state index contributed by atoms with van der Waals surface area (Å²) in [6, 6.07) is 20.3. The van der Waals surface area contributed by atoms with E-state index >= 15 is 0 Å². The maximum atomic E-state index is 3.43. The highest BCUT2D eigenvalue weighted by Gasteiger charge is 2.26. The molecule has 0 bridgehead atoms. The molecule has 0 fully saturated rings. The Bertz CT molecular complexity index is 518. The first-order chi connectivity index (χ1) is 8.90. The lowest BCUT2D eigenvalue weighted by Gasteiger charge is -2.31. The molecule has 1 aliphatic carbocycles. The van der Waals surface area contributed by atoms with Gasteiger partial charge in [-0.1, -0.05) is 54.6 Å². The highest BCUT2D eigenvalue weighted by Crippen LogP contribution is 2.40. The highest BCUT2D eigenvalue weighted by atomic mass is 14.9.